The van der Waals surface area contributed by atoms with Crippen LogP contribution >= 0.6 is 0 Å². The molecule has 0 aromatic heterocycles. The van der Waals surface area contributed by atoms with Crippen LogP contribution in [-0.4, -0.2) is 33.2 Å². The van der Waals surface area contributed by atoms with Gasteiger partial charge in [0.1, 0.15) is 11.8 Å². The van der Waals surface area contributed by atoms with Crippen LogP contribution in [-0.2, 0) is 21.4 Å². The molecule has 0 aliphatic heterocycles. The molecule has 158 valence electrons. The van der Waals surface area contributed by atoms with E-state index in [-0.39, 0.29) is 12.5 Å². The van der Waals surface area contributed by atoms with E-state index in [2.05, 4.69) is 5.32 Å². The molecule has 0 radical (unpaired) electrons. The zero-order chi connectivity index (χ0) is 21.6. The zero-order valence-corrected chi connectivity index (χ0v) is 18.5. The van der Waals surface area contributed by atoms with Crippen LogP contribution in [0.3, 0.4) is 0 Å². The highest BCUT2D eigenvalue weighted by Gasteiger charge is 2.31. The van der Waals surface area contributed by atoms with Crippen molar-refractivity contribution in [2.45, 2.75) is 46.7 Å². The highest BCUT2D eigenvalue weighted by molar-refractivity contribution is 7.92. The van der Waals surface area contributed by atoms with E-state index in [1.165, 1.54) is 4.31 Å². The predicted octanol–water partition coefficient (Wildman–Crippen LogP) is 3.56. The molecule has 1 N–H and O–H groups in total. The first kappa shape index (κ1) is 22.7. The summed E-state index contributed by atoms with van der Waals surface area (Å²) in [6.07, 6.45) is 1.47. The van der Waals surface area contributed by atoms with Gasteiger partial charge in [-0.1, -0.05) is 31.2 Å². The average Bonchev–Trinajstić information content (AvgIpc) is 2.66. The van der Waals surface area contributed by atoms with Gasteiger partial charge in [-0.05, 0) is 56.5 Å². The second-order valence-corrected chi connectivity index (χ2v) is 8.87. The Morgan fingerprint density at radius 1 is 1.10 bits per heavy atom. The maximum Gasteiger partial charge on any atom is 0.244 e. The van der Waals surface area contributed by atoms with Crippen LogP contribution in [0.1, 0.15) is 37.0 Å². The Kier molecular flexibility index (Phi) is 7.67. The van der Waals surface area contributed by atoms with Crippen LogP contribution in [0.15, 0.2) is 42.5 Å². The Morgan fingerprint density at radius 3 is 2.38 bits per heavy atom. The lowest BCUT2D eigenvalue weighted by Crippen LogP contribution is -2.49. The van der Waals surface area contributed by atoms with Crippen molar-refractivity contribution >= 4 is 21.6 Å². The molecule has 6 nitrogen and oxygen atoms in total. The smallest absolute Gasteiger partial charge is 0.244 e. The second kappa shape index (κ2) is 9.78. The number of nitrogens with zero attached hydrogens (tertiary/aromatic N) is 1. The molecule has 0 fully saturated rings. The number of carbonyl (C=O) groups excluding carboxylic acids is 1. The Balaban J connectivity index is 2.28. The van der Waals surface area contributed by atoms with Crippen molar-refractivity contribution in [3.05, 3.63) is 59.2 Å². The quantitative estimate of drug-likeness (QED) is 0.676. The molecule has 2 rings (SSSR count). The first-order chi connectivity index (χ1) is 13.7. The Hall–Kier alpha value is -2.54. The van der Waals surface area contributed by atoms with E-state index in [0.717, 1.165) is 22.9 Å². The van der Waals surface area contributed by atoms with Gasteiger partial charge >= 0.3 is 0 Å². The van der Waals surface area contributed by atoms with E-state index in [0.29, 0.717) is 24.5 Å². The maximum atomic E-state index is 13.0. The molecule has 0 aliphatic carbocycles. The van der Waals surface area contributed by atoms with Gasteiger partial charge in [-0.15, -0.1) is 0 Å². The van der Waals surface area contributed by atoms with Crippen LogP contribution < -0.4 is 14.4 Å². The van der Waals surface area contributed by atoms with Gasteiger partial charge in [-0.25, -0.2) is 8.42 Å². The molecule has 0 spiro atoms. The number of carbonyl (C=O) groups is 1. The normalized spacial score (nSPS) is 12.3. The van der Waals surface area contributed by atoms with Gasteiger partial charge in [0.15, 0.2) is 0 Å². The Morgan fingerprint density at radius 2 is 1.79 bits per heavy atom. The van der Waals surface area contributed by atoms with Crippen molar-refractivity contribution in [3.63, 3.8) is 0 Å². The average molecular weight is 419 g/mol. The van der Waals surface area contributed by atoms with Crippen molar-refractivity contribution in [3.8, 4) is 5.75 Å². The summed E-state index contributed by atoms with van der Waals surface area (Å²) in [6, 6.07) is 12.0. The molecular weight excluding hydrogens is 388 g/mol. The van der Waals surface area contributed by atoms with Crippen LogP contribution in [0.4, 0.5) is 5.69 Å². The van der Waals surface area contributed by atoms with E-state index in [4.69, 9.17) is 4.74 Å². The fourth-order valence-corrected chi connectivity index (χ4v) is 4.37. The van der Waals surface area contributed by atoms with Crippen LogP contribution in [0.25, 0.3) is 0 Å². The largest absolute Gasteiger partial charge is 0.494 e. The SMILES string of the molecule is CCOc1ccccc1CNC(=O)[C@@H](CC)N(c1ccc(C)c(C)c1)S(C)(=O)=O. The third kappa shape index (κ3) is 5.73. The van der Waals surface area contributed by atoms with Crippen molar-refractivity contribution in [2.75, 3.05) is 17.2 Å². The van der Waals surface area contributed by atoms with Gasteiger partial charge in [0.25, 0.3) is 0 Å². The first-order valence-electron chi connectivity index (χ1n) is 9.74. The van der Waals surface area contributed by atoms with Crippen molar-refractivity contribution in [1.29, 1.82) is 0 Å². The molecule has 2 aromatic carbocycles. The van der Waals surface area contributed by atoms with Crippen molar-refractivity contribution in [2.24, 2.45) is 0 Å². The first-order valence-corrected chi connectivity index (χ1v) is 11.6. The molecule has 0 saturated carbocycles. The van der Waals surface area contributed by atoms with E-state index < -0.39 is 16.1 Å². The van der Waals surface area contributed by atoms with Gasteiger partial charge < -0.3 is 10.1 Å². The summed E-state index contributed by atoms with van der Waals surface area (Å²) >= 11 is 0. The number of rotatable bonds is 9. The van der Waals surface area contributed by atoms with Gasteiger partial charge in [0.05, 0.1) is 18.6 Å². The number of nitrogens with one attached hydrogen (secondary N) is 1. The molecule has 7 heteroatoms. The van der Waals surface area contributed by atoms with Gasteiger partial charge in [0.2, 0.25) is 15.9 Å². The summed E-state index contributed by atoms with van der Waals surface area (Å²) in [5, 5.41) is 2.87. The molecule has 2 aromatic rings. The summed E-state index contributed by atoms with van der Waals surface area (Å²) in [7, 11) is -3.66. The number of hydrogen-bond donors (Lipinski definition) is 1. The van der Waals surface area contributed by atoms with Crippen molar-refractivity contribution in [1.82, 2.24) is 5.32 Å². The fourth-order valence-electron chi connectivity index (χ4n) is 3.17. The van der Waals surface area contributed by atoms with E-state index in [1.54, 1.807) is 19.1 Å². The molecule has 1 amide bonds. The molecule has 1 atom stereocenters. The molecule has 0 unspecified atom stereocenters. The lowest BCUT2D eigenvalue weighted by Gasteiger charge is -2.30. The second-order valence-electron chi connectivity index (χ2n) is 7.01. The third-order valence-corrected chi connectivity index (χ3v) is 5.98. The number of anilines is 1. The summed E-state index contributed by atoms with van der Waals surface area (Å²) in [6.45, 7) is 8.37. The molecule has 0 heterocycles. The fraction of sp³-hybridized carbons (Fsp3) is 0.409. The summed E-state index contributed by atoms with van der Waals surface area (Å²) in [4.78, 5) is 13.0. The van der Waals surface area contributed by atoms with E-state index in [9.17, 15) is 13.2 Å². The highest BCUT2D eigenvalue weighted by atomic mass is 32.2. The Bertz CT molecular complexity index is 957. The topological polar surface area (TPSA) is 75.7 Å². The molecule has 0 aliphatic rings. The lowest BCUT2D eigenvalue weighted by atomic mass is 10.1. The Labute approximate surface area is 173 Å². The molecule has 0 saturated heterocycles. The lowest BCUT2D eigenvalue weighted by molar-refractivity contribution is -0.122. The maximum absolute atomic E-state index is 13.0. The number of para-hydroxylation sites is 1. The van der Waals surface area contributed by atoms with Gasteiger partial charge in [-0.3, -0.25) is 9.10 Å². The summed E-state index contributed by atoms with van der Waals surface area (Å²) in [5.41, 5.74) is 3.37. The minimum Gasteiger partial charge on any atom is -0.494 e. The number of aryl methyl sites for hydroxylation is 2. The van der Waals surface area contributed by atoms with Gasteiger partial charge in [0, 0.05) is 12.1 Å². The van der Waals surface area contributed by atoms with Gasteiger partial charge in [-0.2, -0.15) is 0 Å². The molecule has 0 bridgehead atoms. The highest BCUT2D eigenvalue weighted by Crippen LogP contribution is 2.25. The zero-order valence-electron chi connectivity index (χ0n) is 17.7. The van der Waals surface area contributed by atoms with Crippen LogP contribution in [0, 0.1) is 13.8 Å². The number of benzene rings is 2. The number of amides is 1. The predicted molar refractivity (Wildman–Crippen MR) is 117 cm³/mol. The van der Waals surface area contributed by atoms with Crippen LogP contribution in [0.2, 0.25) is 0 Å². The number of hydrogen-bond acceptors (Lipinski definition) is 4. The van der Waals surface area contributed by atoms with Crippen molar-refractivity contribution < 1.29 is 17.9 Å². The molecule has 29 heavy (non-hydrogen) atoms. The monoisotopic (exact) mass is 418 g/mol. The number of sulfonamides is 1. The minimum atomic E-state index is -3.66. The summed E-state index contributed by atoms with van der Waals surface area (Å²) < 4.78 is 32.0. The van der Waals surface area contributed by atoms with E-state index in [1.807, 2.05) is 51.1 Å². The van der Waals surface area contributed by atoms with Crippen LogP contribution in [0.5, 0.6) is 5.75 Å². The third-order valence-electron chi connectivity index (χ3n) is 4.80. The molecular formula is C22H30N2O4S. The summed E-state index contributed by atoms with van der Waals surface area (Å²) in [5.74, 6) is 0.361. The standard InChI is InChI=1S/C22H30N2O4S/c1-6-20(22(25)23-15-18-10-8-9-11-21(18)28-7-2)24(29(5,26)27)19-13-12-16(3)17(4)14-19/h8-14,20H,6-7,15H2,1-5H3,(H,23,25)/t20-/m1/s1. The number of ether oxygens (including phenoxy) is 1. The van der Waals surface area contributed by atoms with E-state index >= 15 is 0 Å². The minimum absolute atomic E-state index is 0.260.